The van der Waals surface area contributed by atoms with E-state index in [1.165, 1.54) is 5.56 Å². The molecule has 0 radical (unpaired) electrons. The average molecular weight is 407 g/mol. The second kappa shape index (κ2) is 9.67. The number of carbonyl (C=O) groups excluding carboxylic acids is 1. The minimum absolute atomic E-state index is 0.146. The van der Waals surface area contributed by atoms with Gasteiger partial charge in [-0.25, -0.2) is 4.98 Å². The Morgan fingerprint density at radius 1 is 1.03 bits per heavy atom. The first-order chi connectivity index (χ1) is 14.5. The topological polar surface area (TPSA) is 67.2 Å². The van der Waals surface area contributed by atoms with Gasteiger partial charge in [-0.2, -0.15) is 0 Å². The van der Waals surface area contributed by atoms with Crippen LogP contribution in [0.2, 0.25) is 0 Å². The van der Waals surface area contributed by atoms with Gasteiger partial charge in [0.15, 0.2) is 0 Å². The van der Waals surface area contributed by atoms with E-state index in [9.17, 15) is 9.59 Å². The molecule has 0 saturated heterocycles. The smallest absolute Gasteiger partial charge is 0.257 e. The number of rotatable bonds is 8. The van der Waals surface area contributed by atoms with Crippen LogP contribution < -0.4 is 10.7 Å². The first kappa shape index (κ1) is 21.7. The maximum absolute atomic E-state index is 12.8. The number of benzene rings is 1. The summed E-state index contributed by atoms with van der Waals surface area (Å²) in [5, 5.41) is 3.35. The van der Waals surface area contributed by atoms with E-state index in [0.717, 1.165) is 30.9 Å². The second-order valence-electron chi connectivity index (χ2n) is 7.44. The number of amides is 1. The zero-order valence-electron chi connectivity index (χ0n) is 18.2. The summed E-state index contributed by atoms with van der Waals surface area (Å²) in [6, 6.07) is 11.8. The number of hydrogen-bond acceptors (Lipinski definition) is 4. The number of fused-ring (bicyclic) bond motifs is 1. The molecule has 0 fully saturated rings. The van der Waals surface area contributed by atoms with Crippen LogP contribution in [-0.2, 0) is 19.6 Å². The fourth-order valence-corrected chi connectivity index (χ4v) is 3.51. The van der Waals surface area contributed by atoms with E-state index in [0.29, 0.717) is 24.1 Å². The van der Waals surface area contributed by atoms with E-state index < -0.39 is 0 Å². The first-order valence-corrected chi connectivity index (χ1v) is 10.6. The number of nitrogens with zero attached hydrogens (tertiary/aromatic N) is 3. The SMILES string of the molecule is CCN(CC)Cc1ccc(CNC(=O)c2cn(CC)c3nc(C)ccc3c2=O)cc1. The largest absolute Gasteiger partial charge is 0.348 e. The van der Waals surface area contributed by atoms with E-state index in [2.05, 4.69) is 41.2 Å². The zero-order chi connectivity index (χ0) is 21.7. The third-order valence-electron chi connectivity index (χ3n) is 5.42. The van der Waals surface area contributed by atoms with E-state index in [4.69, 9.17) is 0 Å². The van der Waals surface area contributed by atoms with Gasteiger partial charge in [0.25, 0.3) is 5.91 Å². The lowest BCUT2D eigenvalue weighted by Gasteiger charge is -2.18. The van der Waals surface area contributed by atoms with Crippen LogP contribution in [0.15, 0.2) is 47.4 Å². The van der Waals surface area contributed by atoms with Crippen molar-refractivity contribution in [2.45, 2.75) is 47.3 Å². The highest BCUT2D eigenvalue weighted by atomic mass is 16.2. The fourth-order valence-electron chi connectivity index (χ4n) is 3.51. The number of nitrogens with one attached hydrogen (secondary N) is 1. The first-order valence-electron chi connectivity index (χ1n) is 10.6. The molecule has 3 rings (SSSR count). The number of hydrogen-bond donors (Lipinski definition) is 1. The highest BCUT2D eigenvalue weighted by molar-refractivity contribution is 5.96. The summed E-state index contributed by atoms with van der Waals surface area (Å²) in [5.41, 5.74) is 3.56. The Morgan fingerprint density at radius 3 is 2.33 bits per heavy atom. The molecule has 0 aliphatic rings. The van der Waals surface area contributed by atoms with Gasteiger partial charge in [0.05, 0.1) is 5.39 Å². The molecule has 158 valence electrons. The molecular formula is C24H30N4O2. The summed E-state index contributed by atoms with van der Waals surface area (Å²) >= 11 is 0. The summed E-state index contributed by atoms with van der Waals surface area (Å²) in [6.07, 6.45) is 1.61. The number of aryl methyl sites for hydroxylation is 2. The molecule has 2 heterocycles. The predicted octanol–water partition coefficient (Wildman–Crippen LogP) is 3.50. The van der Waals surface area contributed by atoms with Crippen LogP contribution in [0.25, 0.3) is 11.0 Å². The maximum Gasteiger partial charge on any atom is 0.257 e. The Labute approximate surface area is 177 Å². The molecule has 0 spiro atoms. The lowest BCUT2D eigenvalue weighted by Crippen LogP contribution is -2.29. The number of pyridine rings is 2. The third-order valence-corrected chi connectivity index (χ3v) is 5.42. The molecule has 0 aliphatic heterocycles. The van der Waals surface area contributed by atoms with Gasteiger partial charge in [-0.05, 0) is 50.2 Å². The van der Waals surface area contributed by atoms with Gasteiger partial charge in [0.2, 0.25) is 5.43 Å². The van der Waals surface area contributed by atoms with Crippen LogP contribution in [0, 0.1) is 6.92 Å². The molecule has 0 bridgehead atoms. The van der Waals surface area contributed by atoms with Crippen LogP contribution in [0.1, 0.15) is 48.0 Å². The van der Waals surface area contributed by atoms with E-state index >= 15 is 0 Å². The minimum Gasteiger partial charge on any atom is -0.348 e. The normalized spacial score (nSPS) is 11.2. The predicted molar refractivity (Wildman–Crippen MR) is 121 cm³/mol. The lowest BCUT2D eigenvalue weighted by atomic mass is 10.1. The molecule has 6 heteroatoms. The van der Waals surface area contributed by atoms with Gasteiger partial charge >= 0.3 is 0 Å². The molecular weight excluding hydrogens is 376 g/mol. The number of carbonyl (C=O) groups is 1. The van der Waals surface area contributed by atoms with Crippen molar-refractivity contribution in [3.05, 3.63) is 75.2 Å². The standard InChI is InChI=1S/C24H30N4O2/c1-5-27(6-2)15-19-11-9-18(10-12-19)14-25-24(30)21-16-28(7-3)23-20(22(21)29)13-8-17(4)26-23/h8-13,16H,5-7,14-15H2,1-4H3,(H,25,30). The molecule has 2 aromatic heterocycles. The summed E-state index contributed by atoms with van der Waals surface area (Å²) < 4.78 is 1.85. The van der Waals surface area contributed by atoms with Crippen molar-refractivity contribution < 1.29 is 4.79 Å². The Kier molecular flexibility index (Phi) is 7.00. The van der Waals surface area contributed by atoms with Crippen molar-refractivity contribution in [3.63, 3.8) is 0 Å². The Balaban J connectivity index is 1.75. The van der Waals surface area contributed by atoms with Crippen LogP contribution in [0.3, 0.4) is 0 Å². The summed E-state index contributed by atoms with van der Waals surface area (Å²) in [7, 11) is 0. The Hall–Kier alpha value is -2.99. The van der Waals surface area contributed by atoms with Crippen molar-refractivity contribution >= 4 is 16.9 Å². The minimum atomic E-state index is -0.364. The van der Waals surface area contributed by atoms with Crippen molar-refractivity contribution in [2.75, 3.05) is 13.1 Å². The van der Waals surface area contributed by atoms with Gasteiger partial charge < -0.3 is 9.88 Å². The van der Waals surface area contributed by atoms with E-state index in [1.54, 1.807) is 18.3 Å². The van der Waals surface area contributed by atoms with Crippen molar-refractivity contribution in [2.24, 2.45) is 0 Å². The second-order valence-corrected chi connectivity index (χ2v) is 7.44. The molecule has 0 unspecified atom stereocenters. The average Bonchev–Trinajstić information content (AvgIpc) is 2.76. The van der Waals surface area contributed by atoms with E-state index in [1.807, 2.05) is 30.5 Å². The van der Waals surface area contributed by atoms with Crippen LogP contribution >= 0.6 is 0 Å². The Morgan fingerprint density at radius 2 is 1.70 bits per heavy atom. The maximum atomic E-state index is 12.8. The summed E-state index contributed by atoms with van der Waals surface area (Å²) in [5.74, 6) is -0.364. The van der Waals surface area contributed by atoms with Gasteiger partial charge in [0, 0.05) is 31.5 Å². The van der Waals surface area contributed by atoms with E-state index in [-0.39, 0.29) is 16.9 Å². The highest BCUT2D eigenvalue weighted by Gasteiger charge is 2.16. The highest BCUT2D eigenvalue weighted by Crippen LogP contribution is 2.12. The number of aromatic nitrogens is 2. The van der Waals surface area contributed by atoms with Crippen LogP contribution in [0.4, 0.5) is 0 Å². The van der Waals surface area contributed by atoms with Gasteiger partial charge in [-0.1, -0.05) is 38.1 Å². The molecule has 1 aromatic carbocycles. The molecule has 3 aromatic rings. The molecule has 0 atom stereocenters. The molecule has 0 saturated carbocycles. The van der Waals surface area contributed by atoms with Crippen molar-refractivity contribution in [3.8, 4) is 0 Å². The molecule has 6 nitrogen and oxygen atoms in total. The van der Waals surface area contributed by atoms with Crippen molar-refractivity contribution in [1.29, 1.82) is 0 Å². The third kappa shape index (κ3) is 4.76. The monoisotopic (exact) mass is 406 g/mol. The fraction of sp³-hybridized carbons (Fsp3) is 0.375. The lowest BCUT2D eigenvalue weighted by molar-refractivity contribution is 0.0949. The van der Waals surface area contributed by atoms with Crippen LogP contribution in [0.5, 0.6) is 0 Å². The van der Waals surface area contributed by atoms with Crippen molar-refractivity contribution in [1.82, 2.24) is 19.8 Å². The van der Waals surface area contributed by atoms with Gasteiger partial charge in [0.1, 0.15) is 11.2 Å². The zero-order valence-corrected chi connectivity index (χ0v) is 18.2. The summed E-state index contributed by atoms with van der Waals surface area (Å²) in [6.45, 7) is 12.1. The van der Waals surface area contributed by atoms with Gasteiger partial charge in [-0.3, -0.25) is 14.5 Å². The Bertz CT molecular complexity index is 1080. The summed E-state index contributed by atoms with van der Waals surface area (Å²) in [4.78, 5) is 32.4. The van der Waals surface area contributed by atoms with Crippen LogP contribution in [-0.4, -0.2) is 33.4 Å². The molecule has 0 aliphatic carbocycles. The quantitative estimate of drug-likeness (QED) is 0.622. The molecule has 1 N–H and O–H groups in total. The molecule has 1 amide bonds. The van der Waals surface area contributed by atoms with Gasteiger partial charge in [-0.15, -0.1) is 0 Å². The molecule has 30 heavy (non-hydrogen) atoms.